The normalized spacial score (nSPS) is 11.8. The van der Waals surface area contributed by atoms with E-state index in [1.165, 1.54) is 18.2 Å². The van der Waals surface area contributed by atoms with Gasteiger partial charge in [-0.3, -0.25) is 0 Å². The topological polar surface area (TPSA) is 86.7 Å². The van der Waals surface area contributed by atoms with E-state index in [1.54, 1.807) is 0 Å². The van der Waals surface area contributed by atoms with Gasteiger partial charge < -0.3 is 10.0 Å². The highest BCUT2D eigenvalue weighted by molar-refractivity contribution is 14.1. The van der Waals surface area contributed by atoms with Crippen molar-refractivity contribution in [1.29, 1.82) is 0 Å². The second-order valence-electron chi connectivity index (χ2n) is 4.15. The molecule has 0 fully saturated rings. The van der Waals surface area contributed by atoms with Gasteiger partial charge in [-0.15, -0.1) is 0 Å². The van der Waals surface area contributed by atoms with Crippen LogP contribution < -0.4 is 4.72 Å². The number of nitrogens with zero attached hydrogens (tertiary/aromatic N) is 1. The lowest BCUT2D eigenvalue weighted by Gasteiger charge is -2.11. The molecule has 0 bridgehead atoms. The molecule has 0 aliphatic heterocycles. The van der Waals surface area contributed by atoms with Crippen molar-refractivity contribution in [1.82, 2.24) is 9.62 Å². The first-order valence-electron chi connectivity index (χ1n) is 5.41. The molecule has 0 aromatic heterocycles. The molecule has 0 spiro atoms. The number of carbonyl (C=O) groups is 1. The second kappa shape index (κ2) is 6.64. The number of carboxylic acids is 1. The molecule has 0 aliphatic rings. The van der Waals surface area contributed by atoms with Crippen LogP contribution in [0.5, 0.6) is 0 Å². The number of likely N-dealkylation sites (N-methyl/N-ethyl adjacent to an activating group) is 1. The van der Waals surface area contributed by atoms with E-state index in [2.05, 4.69) is 4.72 Å². The molecule has 0 unspecified atom stereocenters. The number of aromatic carboxylic acids is 1. The summed E-state index contributed by atoms with van der Waals surface area (Å²) in [4.78, 5) is 12.8. The summed E-state index contributed by atoms with van der Waals surface area (Å²) >= 11 is 1.86. The van der Waals surface area contributed by atoms with Gasteiger partial charge in [0, 0.05) is 16.7 Å². The summed E-state index contributed by atoms with van der Waals surface area (Å²) in [5, 5.41) is 8.98. The molecular formula is C11H15IN2O4S. The number of hydrogen-bond acceptors (Lipinski definition) is 4. The van der Waals surface area contributed by atoms with E-state index in [0.717, 1.165) is 0 Å². The van der Waals surface area contributed by atoms with Crippen molar-refractivity contribution < 1.29 is 18.3 Å². The Hall–Kier alpha value is -0.710. The summed E-state index contributed by atoms with van der Waals surface area (Å²) < 4.78 is 26.9. The molecule has 0 aliphatic carbocycles. The quantitative estimate of drug-likeness (QED) is 0.694. The van der Waals surface area contributed by atoms with Gasteiger partial charge in [-0.05, 0) is 54.9 Å². The fourth-order valence-corrected chi connectivity index (χ4v) is 2.94. The Morgan fingerprint density at radius 3 is 2.58 bits per heavy atom. The summed E-state index contributed by atoms with van der Waals surface area (Å²) in [5.74, 6) is -1.14. The molecule has 1 aromatic rings. The zero-order valence-corrected chi connectivity index (χ0v) is 13.5. The molecular weight excluding hydrogens is 383 g/mol. The molecule has 19 heavy (non-hydrogen) atoms. The first-order chi connectivity index (χ1) is 8.74. The average molecular weight is 398 g/mol. The van der Waals surface area contributed by atoms with Gasteiger partial charge in [0.15, 0.2) is 0 Å². The lowest BCUT2D eigenvalue weighted by Crippen LogP contribution is -2.31. The second-order valence-corrected chi connectivity index (χ2v) is 7.08. The lowest BCUT2D eigenvalue weighted by molar-refractivity contribution is 0.0695. The minimum atomic E-state index is -3.67. The zero-order valence-electron chi connectivity index (χ0n) is 10.6. The van der Waals surface area contributed by atoms with Gasteiger partial charge in [0.2, 0.25) is 10.0 Å². The van der Waals surface area contributed by atoms with Crippen molar-refractivity contribution in [2.45, 2.75) is 4.90 Å². The summed E-state index contributed by atoms with van der Waals surface area (Å²) in [6, 6.07) is 4.04. The Labute approximate surface area is 126 Å². The molecule has 0 radical (unpaired) electrons. The van der Waals surface area contributed by atoms with E-state index >= 15 is 0 Å². The highest BCUT2D eigenvalue weighted by Crippen LogP contribution is 2.17. The average Bonchev–Trinajstić information content (AvgIpc) is 2.27. The smallest absolute Gasteiger partial charge is 0.336 e. The first kappa shape index (κ1) is 16.3. The van der Waals surface area contributed by atoms with Gasteiger partial charge in [-0.25, -0.2) is 17.9 Å². The molecule has 2 N–H and O–H groups in total. The minimum absolute atomic E-state index is 0.0175. The number of sulfonamides is 1. The fraction of sp³-hybridized carbons (Fsp3) is 0.364. The number of rotatable bonds is 6. The third kappa shape index (κ3) is 4.71. The van der Waals surface area contributed by atoms with Crippen LogP contribution >= 0.6 is 22.6 Å². The maximum Gasteiger partial charge on any atom is 0.336 e. The highest BCUT2D eigenvalue weighted by atomic mass is 127. The number of halogens is 1. The van der Waals surface area contributed by atoms with E-state index in [1.807, 2.05) is 41.6 Å². The molecule has 0 amide bonds. The van der Waals surface area contributed by atoms with Crippen LogP contribution in [0.25, 0.3) is 0 Å². The van der Waals surface area contributed by atoms with Crippen LogP contribution in [-0.4, -0.2) is 51.6 Å². The van der Waals surface area contributed by atoms with Crippen LogP contribution in [0.4, 0.5) is 0 Å². The Morgan fingerprint density at radius 2 is 2.05 bits per heavy atom. The third-order valence-corrected chi connectivity index (χ3v) is 4.73. The van der Waals surface area contributed by atoms with Gasteiger partial charge in [-0.1, -0.05) is 0 Å². The molecule has 1 rings (SSSR count). The van der Waals surface area contributed by atoms with E-state index < -0.39 is 16.0 Å². The van der Waals surface area contributed by atoms with Crippen molar-refractivity contribution >= 4 is 38.6 Å². The monoisotopic (exact) mass is 398 g/mol. The summed E-state index contributed by atoms with van der Waals surface area (Å²) in [5.41, 5.74) is -0.0175. The Morgan fingerprint density at radius 1 is 1.42 bits per heavy atom. The lowest BCUT2D eigenvalue weighted by atomic mass is 10.2. The first-order valence-corrected chi connectivity index (χ1v) is 7.97. The maximum absolute atomic E-state index is 12.0. The Bertz CT molecular complexity index is 572. The minimum Gasteiger partial charge on any atom is -0.478 e. The van der Waals surface area contributed by atoms with Crippen LogP contribution in [0.2, 0.25) is 0 Å². The fourth-order valence-electron chi connectivity index (χ4n) is 1.32. The Kier molecular flexibility index (Phi) is 5.71. The van der Waals surface area contributed by atoms with Crippen molar-refractivity contribution in [3.63, 3.8) is 0 Å². The predicted molar refractivity (Wildman–Crippen MR) is 79.9 cm³/mol. The van der Waals surface area contributed by atoms with Crippen LogP contribution in [0.1, 0.15) is 10.4 Å². The van der Waals surface area contributed by atoms with Gasteiger partial charge in [-0.2, -0.15) is 0 Å². The predicted octanol–water partition coefficient (Wildman–Crippen LogP) is 0.829. The largest absolute Gasteiger partial charge is 0.478 e. The summed E-state index contributed by atoms with van der Waals surface area (Å²) in [7, 11) is -0.00200. The van der Waals surface area contributed by atoms with Crippen molar-refractivity contribution in [3.05, 3.63) is 27.3 Å². The summed E-state index contributed by atoms with van der Waals surface area (Å²) in [6.45, 7) is 0.832. The summed E-state index contributed by atoms with van der Waals surface area (Å²) in [6.07, 6.45) is 0. The van der Waals surface area contributed by atoms with Crippen LogP contribution in [0.15, 0.2) is 23.1 Å². The van der Waals surface area contributed by atoms with Gasteiger partial charge >= 0.3 is 5.97 Å². The Balaban J connectivity index is 2.96. The van der Waals surface area contributed by atoms with Gasteiger partial charge in [0.05, 0.1) is 10.5 Å². The molecule has 8 heteroatoms. The van der Waals surface area contributed by atoms with Crippen LogP contribution in [-0.2, 0) is 10.0 Å². The zero-order chi connectivity index (χ0) is 14.6. The van der Waals surface area contributed by atoms with E-state index in [9.17, 15) is 13.2 Å². The highest BCUT2D eigenvalue weighted by Gasteiger charge is 2.17. The molecule has 106 valence electrons. The van der Waals surface area contributed by atoms with E-state index in [0.29, 0.717) is 10.1 Å². The molecule has 0 atom stereocenters. The molecule has 6 nitrogen and oxygen atoms in total. The SMILES string of the molecule is CN(C)CCNS(=O)(=O)c1ccc(I)c(C(=O)O)c1. The van der Waals surface area contributed by atoms with Crippen molar-refractivity contribution in [3.8, 4) is 0 Å². The number of nitrogens with one attached hydrogen (secondary N) is 1. The number of carboxylic acid groups (broad SMARTS) is 1. The van der Waals surface area contributed by atoms with Gasteiger partial charge in [0.1, 0.15) is 0 Å². The molecule has 0 saturated carbocycles. The standard InChI is InChI=1S/C11H15IN2O4S/c1-14(2)6-5-13-19(17,18)8-3-4-10(12)9(7-8)11(15)16/h3-4,7,13H,5-6H2,1-2H3,(H,15,16). The van der Waals surface area contributed by atoms with Crippen LogP contribution in [0.3, 0.4) is 0 Å². The third-order valence-electron chi connectivity index (χ3n) is 2.33. The molecule has 0 saturated heterocycles. The van der Waals surface area contributed by atoms with E-state index in [-0.39, 0.29) is 17.0 Å². The number of benzene rings is 1. The molecule has 0 heterocycles. The number of hydrogen-bond donors (Lipinski definition) is 2. The van der Waals surface area contributed by atoms with Crippen molar-refractivity contribution in [2.24, 2.45) is 0 Å². The van der Waals surface area contributed by atoms with Crippen molar-refractivity contribution in [2.75, 3.05) is 27.2 Å². The van der Waals surface area contributed by atoms with E-state index in [4.69, 9.17) is 5.11 Å². The van der Waals surface area contributed by atoms with Crippen LogP contribution in [0, 0.1) is 3.57 Å². The molecule has 1 aromatic carbocycles. The van der Waals surface area contributed by atoms with Gasteiger partial charge in [0.25, 0.3) is 0 Å². The maximum atomic E-state index is 12.0.